The number of fused-ring (bicyclic) bond motifs is 4. The van der Waals surface area contributed by atoms with E-state index in [0.717, 1.165) is 27.7 Å². The van der Waals surface area contributed by atoms with Crippen molar-refractivity contribution in [2.75, 3.05) is 27.2 Å². The number of halogens is 1. The van der Waals surface area contributed by atoms with Gasteiger partial charge in [0.05, 0.1) is 0 Å². The highest BCUT2D eigenvalue weighted by Gasteiger charge is 2.61. The average molecular weight is 467 g/mol. The largest absolute Gasteiger partial charge is 0.508 e. The molecular weight excluding hydrogens is 440 g/mol. The fourth-order valence-corrected chi connectivity index (χ4v) is 5.49. The first-order valence-electron chi connectivity index (χ1n) is 11.2. The molecule has 172 valence electrons. The Morgan fingerprint density at radius 2 is 2.00 bits per heavy atom. The number of H-pyrrole nitrogens is 1. The zero-order valence-corrected chi connectivity index (χ0v) is 19.7. The van der Waals surface area contributed by atoms with Crippen molar-refractivity contribution < 1.29 is 14.7 Å². The van der Waals surface area contributed by atoms with Crippen LogP contribution >= 0.6 is 11.6 Å². The number of hydrogen-bond acceptors (Lipinski definition) is 4. The van der Waals surface area contributed by atoms with Gasteiger partial charge >= 0.3 is 6.03 Å². The van der Waals surface area contributed by atoms with E-state index in [9.17, 15) is 14.7 Å². The molecule has 1 aromatic heterocycles. The molecule has 0 saturated carbocycles. The first-order chi connectivity index (χ1) is 15.8. The third-order valence-electron chi connectivity index (χ3n) is 6.99. The molecule has 0 radical (unpaired) electrons. The Kier molecular flexibility index (Phi) is 5.14. The number of likely N-dealkylation sites (N-methyl/N-ethyl adjacent to an activating group) is 1. The SMILES string of the molecule is CCC12Cc3c([nH]c4ccc(Cl)cc34)C(c3cccc(O)c3)N1C(=O)N(CCN(C)C)C2=O. The number of carbonyl (C=O) groups is 2. The highest BCUT2D eigenvalue weighted by Crippen LogP contribution is 2.50. The number of rotatable bonds is 5. The number of aromatic nitrogens is 1. The molecule has 0 aliphatic carbocycles. The van der Waals surface area contributed by atoms with E-state index in [0.29, 0.717) is 31.0 Å². The van der Waals surface area contributed by atoms with Gasteiger partial charge in [-0.15, -0.1) is 0 Å². The third kappa shape index (κ3) is 3.21. The van der Waals surface area contributed by atoms with Crippen LogP contribution in [-0.2, 0) is 11.2 Å². The van der Waals surface area contributed by atoms with E-state index in [1.54, 1.807) is 23.1 Å². The van der Waals surface area contributed by atoms with Crippen LogP contribution in [0.1, 0.15) is 36.2 Å². The first kappa shape index (κ1) is 21.8. The average Bonchev–Trinajstić information content (AvgIpc) is 3.23. The minimum atomic E-state index is -0.996. The Hall–Kier alpha value is -3.03. The highest BCUT2D eigenvalue weighted by atomic mass is 35.5. The lowest BCUT2D eigenvalue weighted by Gasteiger charge is -2.44. The van der Waals surface area contributed by atoms with Crippen molar-refractivity contribution in [3.8, 4) is 5.75 Å². The minimum Gasteiger partial charge on any atom is -0.508 e. The Morgan fingerprint density at radius 3 is 2.70 bits per heavy atom. The standard InChI is InChI=1S/C25H27ClN4O3/c1-4-25-14-19-18-13-16(26)8-9-20(18)27-21(19)22(15-6-5-7-17(31)12-15)30(25)24(33)29(23(25)32)11-10-28(2)3/h5-9,12-13,22,27,31H,4,10-11,14H2,1-3H3. The van der Waals surface area contributed by atoms with Crippen LogP contribution in [0.4, 0.5) is 4.79 Å². The van der Waals surface area contributed by atoms with Crippen LogP contribution in [-0.4, -0.2) is 69.5 Å². The predicted molar refractivity (Wildman–Crippen MR) is 127 cm³/mol. The fraction of sp³-hybridized carbons (Fsp3) is 0.360. The zero-order valence-electron chi connectivity index (χ0n) is 18.9. The van der Waals surface area contributed by atoms with Gasteiger partial charge in [-0.05, 0) is 62.0 Å². The topological polar surface area (TPSA) is 79.9 Å². The van der Waals surface area contributed by atoms with E-state index in [2.05, 4.69) is 4.98 Å². The van der Waals surface area contributed by atoms with Crippen molar-refractivity contribution in [3.05, 3.63) is 64.3 Å². The van der Waals surface area contributed by atoms with Gasteiger partial charge < -0.3 is 15.0 Å². The summed E-state index contributed by atoms with van der Waals surface area (Å²) >= 11 is 6.33. The minimum absolute atomic E-state index is 0.114. The Bertz CT molecular complexity index is 1270. The molecule has 5 rings (SSSR count). The van der Waals surface area contributed by atoms with Crippen molar-refractivity contribution in [2.24, 2.45) is 0 Å². The van der Waals surface area contributed by atoms with Crippen LogP contribution in [0.5, 0.6) is 5.75 Å². The lowest BCUT2D eigenvalue weighted by Crippen LogP contribution is -2.55. The molecular formula is C25H27ClN4O3. The third-order valence-corrected chi connectivity index (χ3v) is 7.22. The molecule has 3 aromatic rings. The van der Waals surface area contributed by atoms with E-state index in [4.69, 9.17) is 11.6 Å². The summed E-state index contributed by atoms with van der Waals surface area (Å²) in [6, 6.07) is 11.8. The van der Waals surface area contributed by atoms with Gasteiger partial charge in [0.25, 0.3) is 5.91 Å². The number of carbonyl (C=O) groups excluding carboxylic acids is 2. The van der Waals surface area contributed by atoms with E-state index >= 15 is 0 Å². The van der Waals surface area contributed by atoms with Crippen molar-refractivity contribution in [3.63, 3.8) is 0 Å². The quantitative estimate of drug-likeness (QED) is 0.554. The van der Waals surface area contributed by atoms with Gasteiger partial charge in [0.2, 0.25) is 0 Å². The van der Waals surface area contributed by atoms with Crippen molar-refractivity contribution >= 4 is 34.4 Å². The summed E-state index contributed by atoms with van der Waals surface area (Å²) in [5.74, 6) is -0.0488. The van der Waals surface area contributed by atoms with Crippen LogP contribution in [0.3, 0.4) is 0 Å². The number of nitrogens with one attached hydrogen (secondary N) is 1. The van der Waals surface area contributed by atoms with Crippen LogP contribution < -0.4 is 0 Å². The molecule has 3 heterocycles. The highest BCUT2D eigenvalue weighted by molar-refractivity contribution is 6.31. The molecule has 1 fully saturated rings. The molecule has 1 saturated heterocycles. The molecule has 7 nitrogen and oxygen atoms in total. The number of amides is 3. The molecule has 8 heteroatoms. The Morgan fingerprint density at radius 1 is 1.21 bits per heavy atom. The monoisotopic (exact) mass is 466 g/mol. The van der Waals surface area contributed by atoms with Crippen LogP contribution in [0.2, 0.25) is 5.02 Å². The van der Waals surface area contributed by atoms with Gasteiger partial charge in [-0.2, -0.15) is 0 Å². The molecule has 3 amide bonds. The van der Waals surface area contributed by atoms with Crippen LogP contribution in [0.15, 0.2) is 42.5 Å². The molecule has 2 aromatic carbocycles. The van der Waals surface area contributed by atoms with Crippen molar-refractivity contribution in [1.82, 2.24) is 19.7 Å². The number of imide groups is 1. The van der Waals surface area contributed by atoms with Gasteiger partial charge in [0.15, 0.2) is 0 Å². The maximum Gasteiger partial charge on any atom is 0.328 e. The van der Waals surface area contributed by atoms with Crippen molar-refractivity contribution in [2.45, 2.75) is 31.3 Å². The lowest BCUT2D eigenvalue weighted by atomic mass is 9.78. The van der Waals surface area contributed by atoms with E-state index in [1.807, 2.05) is 50.2 Å². The second-order valence-corrected chi connectivity index (χ2v) is 9.62. The first-order valence-corrected chi connectivity index (χ1v) is 11.5. The molecule has 2 N–H and O–H groups in total. The fourth-order valence-electron chi connectivity index (χ4n) is 5.31. The summed E-state index contributed by atoms with van der Waals surface area (Å²) in [7, 11) is 3.84. The van der Waals surface area contributed by atoms with Crippen molar-refractivity contribution in [1.29, 1.82) is 0 Å². The molecule has 2 aliphatic heterocycles. The number of phenols is 1. The van der Waals surface area contributed by atoms with Crippen LogP contribution in [0.25, 0.3) is 10.9 Å². The number of aromatic hydroxyl groups is 1. The van der Waals surface area contributed by atoms with Gasteiger partial charge in [-0.25, -0.2) is 4.79 Å². The zero-order chi connectivity index (χ0) is 23.5. The number of hydrogen-bond donors (Lipinski definition) is 2. The maximum atomic E-state index is 13.9. The number of benzene rings is 2. The molecule has 2 unspecified atom stereocenters. The smallest absolute Gasteiger partial charge is 0.328 e. The summed E-state index contributed by atoms with van der Waals surface area (Å²) in [6.45, 7) is 2.88. The number of aromatic amines is 1. The molecule has 0 spiro atoms. The van der Waals surface area contributed by atoms with Gasteiger partial charge in [0, 0.05) is 41.1 Å². The lowest BCUT2D eigenvalue weighted by molar-refractivity contribution is -0.134. The second kappa shape index (κ2) is 7.78. The summed E-state index contributed by atoms with van der Waals surface area (Å²) in [5.41, 5.74) is 2.52. The number of urea groups is 1. The maximum absolute atomic E-state index is 13.9. The molecule has 2 atom stereocenters. The Labute approximate surface area is 197 Å². The van der Waals surface area contributed by atoms with E-state index in [1.165, 1.54) is 4.90 Å². The predicted octanol–water partition coefficient (Wildman–Crippen LogP) is 4.15. The number of phenolic OH excluding ortho intramolecular Hbond substituents is 1. The van der Waals surface area contributed by atoms with Crippen LogP contribution in [0, 0.1) is 0 Å². The molecule has 2 aliphatic rings. The Balaban J connectivity index is 1.75. The number of nitrogens with zero attached hydrogens (tertiary/aromatic N) is 3. The summed E-state index contributed by atoms with van der Waals surface area (Å²) in [4.78, 5) is 36.2. The van der Waals surface area contributed by atoms with Gasteiger partial charge in [-0.3, -0.25) is 14.6 Å². The molecule has 0 bridgehead atoms. The normalized spacial score (nSPS) is 22.4. The second-order valence-electron chi connectivity index (χ2n) is 9.18. The van der Waals surface area contributed by atoms with E-state index in [-0.39, 0.29) is 17.7 Å². The van der Waals surface area contributed by atoms with Gasteiger partial charge in [-0.1, -0.05) is 30.7 Å². The van der Waals surface area contributed by atoms with E-state index < -0.39 is 11.6 Å². The molecule has 33 heavy (non-hydrogen) atoms. The summed E-state index contributed by atoms with van der Waals surface area (Å²) in [6.07, 6.45) is 0.898. The summed E-state index contributed by atoms with van der Waals surface area (Å²) < 4.78 is 0. The van der Waals surface area contributed by atoms with Gasteiger partial charge in [0.1, 0.15) is 17.3 Å². The summed E-state index contributed by atoms with van der Waals surface area (Å²) in [5, 5.41) is 11.8.